The summed E-state index contributed by atoms with van der Waals surface area (Å²) < 4.78 is 0. The molecular formula is C8H11Cl2NS. The van der Waals surface area contributed by atoms with Crippen molar-refractivity contribution in [3.8, 4) is 0 Å². The molecule has 0 aliphatic heterocycles. The molecule has 0 radical (unpaired) electrons. The molecule has 1 N–H and O–H groups in total. The Balaban J connectivity index is 0. The topological polar surface area (TPSA) is 15.8 Å². The van der Waals surface area contributed by atoms with Crippen LogP contribution in [0.2, 0.25) is 0 Å². The lowest BCUT2D eigenvalue weighted by Crippen LogP contribution is -1.38. The molecule has 0 aliphatic rings. The maximum Gasteiger partial charge on any atom is 0.000496 e. The number of thiophene rings is 1. The second kappa shape index (κ2) is 10.6. The van der Waals surface area contributed by atoms with Crippen LogP contribution in [-0.2, 0) is 0 Å². The highest BCUT2D eigenvalue weighted by molar-refractivity contribution is 7.07. The van der Waals surface area contributed by atoms with Crippen molar-refractivity contribution in [1.29, 1.82) is 0 Å². The molecule has 0 atom stereocenters. The largest absolute Gasteiger partial charge is 0.368 e. The predicted octanol–water partition coefficient (Wildman–Crippen LogP) is 3.61. The molecular weight excluding hydrogens is 213 g/mol. The third-order valence-electron chi connectivity index (χ3n) is 0.921. The summed E-state index contributed by atoms with van der Waals surface area (Å²) in [7, 11) is 0. The highest BCUT2D eigenvalue weighted by Gasteiger charge is 1.58. The van der Waals surface area contributed by atoms with Crippen molar-refractivity contribution in [1.82, 2.24) is 4.98 Å². The van der Waals surface area contributed by atoms with Crippen LogP contribution < -0.4 is 0 Å². The third kappa shape index (κ3) is 7.66. The maximum atomic E-state index is 2.86. The zero-order chi connectivity index (χ0) is 7.07. The smallest absolute Gasteiger partial charge is 0.000496 e. The molecule has 0 fully saturated rings. The van der Waals surface area contributed by atoms with Crippen molar-refractivity contribution < 1.29 is 0 Å². The summed E-state index contributed by atoms with van der Waals surface area (Å²) >= 11 is 1.71. The standard InChI is InChI=1S/C4H5N.C4H4S.2ClH/c2*1-2-4-5-3-1;;/h1-5H;1-4H;2*1H. The van der Waals surface area contributed by atoms with E-state index in [4.69, 9.17) is 0 Å². The van der Waals surface area contributed by atoms with Crippen LogP contribution in [0.5, 0.6) is 0 Å². The Labute approximate surface area is 88.7 Å². The molecule has 0 saturated carbocycles. The maximum absolute atomic E-state index is 2.86. The van der Waals surface area contributed by atoms with Gasteiger partial charge in [-0.1, -0.05) is 12.1 Å². The molecule has 0 amide bonds. The molecule has 2 heterocycles. The van der Waals surface area contributed by atoms with Crippen LogP contribution in [0.1, 0.15) is 0 Å². The molecule has 2 aromatic rings. The summed E-state index contributed by atoms with van der Waals surface area (Å²) in [5.74, 6) is 0. The van der Waals surface area contributed by atoms with Gasteiger partial charge in [0.25, 0.3) is 0 Å². The van der Waals surface area contributed by atoms with Gasteiger partial charge in [-0.2, -0.15) is 11.3 Å². The number of H-pyrrole nitrogens is 1. The van der Waals surface area contributed by atoms with Gasteiger partial charge in [0.15, 0.2) is 0 Å². The summed E-state index contributed by atoms with van der Waals surface area (Å²) in [5.41, 5.74) is 0. The molecule has 2 aromatic heterocycles. The number of aromatic amines is 1. The number of rotatable bonds is 0. The van der Waals surface area contributed by atoms with E-state index in [-0.39, 0.29) is 24.8 Å². The van der Waals surface area contributed by atoms with Gasteiger partial charge in [0.05, 0.1) is 0 Å². The van der Waals surface area contributed by atoms with E-state index < -0.39 is 0 Å². The first-order valence-electron chi connectivity index (χ1n) is 3.05. The van der Waals surface area contributed by atoms with Gasteiger partial charge < -0.3 is 4.98 Å². The number of aromatic nitrogens is 1. The SMILES string of the molecule is Cl.Cl.c1cc[nH]c1.c1ccsc1. The summed E-state index contributed by atoms with van der Waals surface area (Å²) in [6, 6.07) is 7.93. The van der Waals surface area contributed by atoms with Crippen LogP contribution in [0.4, 0.5) is 0 Å². The average Bonchev–Trinajstić information content (AvgIpc) is 2.67. The van der Waals surface area contributed by atoms with Crippen LogP contribution in [0, 0.1) is 0 Å². The Kier molecular flexibility index (Phi) is 12.4. The summed E-state index contributed by atoms with van der Waals surface area (Å²) in [5, 5.41) is 4.08. The van der Waals surface area contributed by atoms with Crippen molar-refractivity contribution in [3.63, 3.8) is 0 Å². The Morgan fingerprint density at radius 3 is 1.42 bits per heavy atom. The highest BCUT2D eigenvalue weighted by Crippen LogP contribution is 1.91. The molecule has 2 rings (SSSR count). The first kappa shape index (κ1) is 14.1. The number of halogens is 2. The van der Waals surface area contributed by atoms with E-state index in [0.717, 1.165) is 0 Å². The van der Waals surface area contributed by atoms with Gasteiger partial charge in [0, 0.05) is 12.4 Å². The van der Waals surface area contributed by atoms with Crippen molar-refractivity contribution >= 4 is 36.2 Å². The van der Waals surface area contributed by atoms with Crippen LogP contribution in [-0.4, -0.2) is 4.98 Å². The van der Waals surface area contributed by atoms with Crippen molar-refractivity contribution in [2.75, 3.05) is 0 Å². The number of hydrogen-bond acceptors (Lipinski definition) is 1. The fourth-order valence-electron chi connectivity index (χ4n) is 0.505. The molecule has 0 spiro atoms. The van der Waals surface area contributed by atoms with E-state index in [1.54, 1.807) is 11.3 Å². The van der Waals surface area contributed by atoms with Crippen LogP contribution in [0.3, 0.4) is 0 Å². The fourth-order valence-corrected chi connectivity index (χ4v) is 0.958. The monoisotopic (exact) mass is 223 g/mol. The van der Waals surface area contributed by atoms with Crippen LogP contribution in [0.15, 0.2) is 47.4 Å². The van der Waals surface area contributed by atoms with E-state index >= 15 is 0 Å². The molecule has 0 unspecified atom stereocenters. The quantitative estimate of drug-likeness (QED) is 0.703. The minimum atomic E-state index is 0. The van der Waals surface area contributed by atoms with Gasteiger partial charge in [-0.15, -0.1) is 24.8 Å². The number of hydrogen-bond donors (Lipinski definition) is 1. The van der Waals surface area contributed by atoms with Crippen molar-refractivity contribution in [2.24, 2.45) is 0 Å². The van der Waals surface area contributed by atoms with E-state index in [9.17, 15) is 0 Å². The molecule has 4 heteroatoms. The van der Waals surface area contributed by atoms with E-state index in [0.29, 0.717) is 0 Å². The van der Waals surface area contributed by atoms with E-state index in [1.807, 2.05) is 47.4 Å². The van der Waals surface area contributed by atoms with Gasteiger partial charge >= 0.3 is 0 Å². The summed E-state index contributed by atoms with van der Waals surface area (Å²) in [4.78, 5) is 2.86. The normalized spacial score (nSPS) is 6.67. The van der Waals surface area contributed by atoms with Crippen LogP contribution in [0.25, 0.3) is 0 Å². The first-order chi connectivity index (χ1) is 5.00. The summed E-state index contributed by atoms with van der Waals surface area (Å²) in [6.45, 7) is 0. The van der Waals surface area contributed by atoms with Crippen LogP contribution >= 0.6 is 36.2 Å². The molecule has 0 aliphatic carbocycles. The Morgan fingerprint density at radius 2 is 1.25 bits per heavy atom. The van der Waals surface area contributed by atoms with Crippen molar-refractivity contribution in [2.45, 2.75) is 0 Å². The summed E-state index contributed by atoms with van der Waals surface area (Å²) in [6.07, 6.45) is 3.75. The zero-order valence-corrected chi connectivity index (χ0v) is 8.79. The Morgan fingerprint density at radius 1 is 0.750 bits per heavy atom. The molecule has 0 aromatic carbocycles. The minimum absolute atomic E-state index is 0. The fraction of sp³-hybridized carbons (Fsp3) is 0. The van der Waals surface area contributed by atoms with E-state index in [2.05, 4.69) is 4.98 Å². The predicted molar refractivity (Wildman–Crippen MR) is 59.6 cm³/mol. The van der Waals surface area contributed by atoms with Gasteiger partial charge in [0.2, 0.25) is 0 Å². The van der Waals surface area contributed by atoms with Gasteiger partial charge in [-0.05, 0) is 22.9 Å². The second-order valence-electron chi connectivity index (χ2n) is 1.68. The Bertz CT molecular complexity index is 156. The van der Waals surface area contributed by atoms with Crippen molar-refractivity contribution in [3.05, 3.63) is 47.4 Å². The average molecular weight is 224 g/mol. The van der Waals surface area contributed by atoms with E-state index in [1.165, 1.54) is 0 Å². The van der Waals surface area contributed by atoms with Gasteiger partial charge in [-0.3, -0.25) is 0 Å². The first-order valence-corrected chi connectivity index (χ1v) is 3.99. The third-order valence-corrected chi connectivity index (χ3v) is 1.55. The molecule has 0 bridgehead atoms. The highest BCUT2D eigenvalue weighted by atomic mass is 35.5. The minimum Gasteiger partial charge on any atom is -0.368 e. The van der Waals surface area contributed by atoms with Gasteiger partial charge in [-0.25, -0.2) is 0 Å². The molecule has 0 saturated heterocycles. The van der Waals surface area contributed by atoms with Gasteiger partial charge in [0.1, 0.15) is 0 Å². The molecule has 1 nitrogen and oxygen atoms in total. The second-order valence-corrected chi connectivity index (χ2v) is 2.49. The lowest BCUT2D eigenvalue weighted by Gasteiger charge is -1.49. The number of nitrogens with one attached hydrogen (secondary N) is 1. The molecule has 12 heavy (non-hydrogen) atoms. The zero-order valence-electron chi connectivity index (χ0n) is 6.34. The molecule has 68 valence electrons. The lowest BCUT2D eigenvalue weighted by molar-refractivity contribution is 1.42. The lowest BCUT2D eigenvalue weighted by atomic mass is 10.7. The Hall–Kier alpha value is -0.440.